The normalized spacial score (nSPS) is 11.7. The Morgan fingerprint density at radius 3 is 1.08 bits per heavy atom. The molecule has 0 unspecified atom stereocenters. The van der Waals surface area contributed by atoms with Crippen LogP contribution < -0.4 is 0 Å². The summed E-state index contributed by atoms with van der Waals surface area (Å²) in [6.07, 6.45) is 0. The van der Waals surface area contributed by atoms with E-state index in [1.54, 1.807) is 0 Å². The Hall–Kier alpha value is -9.54. The van der Waals surface area contributed by atoms with Gasteiger partial charge >= 0.3 is 0 Å². The predicted octanol–water partition coefficient (Wildman–Crippen LogP) is 20.3. The van der Waals surface area contributed by atoms with Crippen molar-refractivity contribution in [2.24, 2.45) is 0 Å². The average molecular weight is 971 g/mol. The average Bonchev–Trinajstić information content (AvgIpc) is 4.20. The Bertz CT molecular complexity index is 4660. The molecular formula is C72H46N2S. The number of thiophene rings is 1. The molecule has 0 saturated heterocycles. The molecule has 350 valence electrons. The van der Waals surface area contributed by atoms with Crippen molar-refractivity contribution in [2.45, 2.75) is 0 Å². The molecule has 0 aliphatic rings. The molecule has 0 spiro atoms. The van der Waals surface area contributed by atoms with E-state index in [2.05, 4.69) is 288 Å². The van der Waals surface area contributed by atoms with Gasteiger partial charge in [0.2, 0.25) is 0 Å². The van der Waals surface area contributed by atoms with Crippen LogP contribution in [0.5, 0.6) is 0 Å². The molecule has 3 heteroatoms. The SMILES string of the molecule is c1ccc(-c2cccc(-c3ccc(-c4ccc5c(c4)c4cc(-c6ccc7c(c6)c6ccccc6n7-c6ccccc6)ccc4n5-c4ccc(-c5cccc6c5sc5c(-c7ccccc7)cccc56)cc4)cc3)c2)cc1. The van der Waals surface area contributed by atoms with Crippen LogP contribution in [0.3, 0.4) is 0 Å². The fraction of sp³-hybridized carbons (Fsp3) is 0. The summed E-state index contributed by atoms with van der Waals surface area (Å²) in [7, 11) is 0. The van der Waals surface area contributed by atoms with Gasteiger partial charge in [0, 0.05) is 53.1 Å². The second kappa shape index (κ2) is 17.6. The maximum Gasteiger partial charge on any atom is 0.0541 e. The van der Waals surface area contributed by atoms with Crippen LogP contribution in [-0.2, 0) is 0 Å². The molecule has 0 N–H and O–H groups in total. The van der Waals surface area contributed by atoms with Crippen molar-refractivity contribution in [1.82, 2.24) is 9.13 Å². The summed E-state index contributed by atoms with van der Waals surface area (Å²) in [4.78, 5) is 0. The maximum atomic E-state index is 2.45. The fourth-order valence-corrected chi connectivity index (χ4v) is 13.1. The molecule has 0 bridgehead atoms. The third kappa shape index (κ3) is 7.23. The van der Waals surface area contributed by atoms with E-state index in [0.717, 1.165) is 11.4 Å². The molecule has 3 aromatic heterocycles. The van der Waals surface area contributed by atoms with Crippen LogP contribution >= 0.6 is 11.3 Å². The molecule has 15 rings (SSSR count). The van der Waals surface area contributed by atoms with Crippen LogP contribution in [0.15, 0.2) is 279 Å². The third-order valence-corrected chi connectivity index (χ3v) is 16.6. The van der Waals surface area contributed by atoms with E-state index in [0.29, 0.717) is 0 Å². The van der Waals surface area contributed by atoms with Crippen LogP contribution in [0, 0.1) is 0 Å². The molecular weight excluding hydrogens is 925 g/mol. The Labute approximate surface area is 438 Å². The zero-order chi connectivity index (χ0) is 49.4. The van der Waals surface area contributed by atoms with Gasteiger partial charge in [-0.3, -0.25) is 0 Å². The molecule has 0 atom stereocenters. The first-order valence-corrected chi connectivity index (χ1v) is 26.5. The number of benzene rings is 12. The minimum Gasteiger partial charge on any atom is -0.309 e. The summed E-state index contributed by atoms with van der Waals surface area (Å²) < 4.78 is 7.48. The largest absolute Gasteiger partial charge is 0.309 e. The van der Waals surface area contributed by atoms with Gasteiger partial charge < -0.3 is 9.13 Å². The molecule has 75 heavy (non-hydrogen) atoms. The van der Waals surface area contributed by atoms with E-state index in [9.17, 15) is 0 Å². The zero-order valence-electron chi connectivity index (χ0n) is 40.9. The van der Waals surface area contributed by atoms with Crippen molar-refractivity contribution in [1.29, 1.82) is 0 Å². The Morgan fingerprint density at radius 2 is 0.533 bits per heavy atom. The van der Waals surface area contributed by atoms with Crippen molar-refractivity contribution in [3.05, 3.63) is 279 Å². The van der Waals surface area contributed by atoms with Crippen molar-refractivity contribution in [3.8, 4) is 78.1 Å². The molecule has 12 aromatic carbocycles. The molecule has 2 nitrogen and oxygen atoms in total. The number of aromatic nitrogens is 2. The van der Waals surface area contributed by atoms with Gasteiger partial charge in [-0.15, -0.1) is 11.3 Å². The molecule has 0 amide bonds. The third-order valence-electron chi connectivity index (χ3n) is 15.4. The second-order valence-electron chi connectivity index (χ2n) is 19.6. The van der Waals surface area contributed by atoms with Crippen molar-refractivity contribution in [3.63, 3.8) is 0 Å². The number of rotatable bonds is 8. The lowest BCUT2D eigenvalue weighted by Gasteiger charge is -2.11. The summed E-state index contributed by atoms with van der Waals surface area (Å²) in [6, 6.07) is 103. The number of para-hydroxylation sites is 2. The fourth-order valence-electron chi connectivity index (χ4n) is 11.7. The van der Waals surface area contributed by atoms with E-state index < -0.39 is 0 Å². The second-order valence-corrected chi connectivity index (χ2v) is 20.6. The monoisotopic (exact) mass is 970 g/mol. The quantitative estimate of drug-likeness (QED) is 0.144. The van der Waals surface area contributed by atoms with Gasteiger partial charge in [-0.25, -0.2) is 0 Å². The number of fused-ring (bicyclic) bond motifs is 9. The summed E-state index contributed by atoms with van der Waals surface area (Å²) in [5, 5.41) is 7.55. The van der Waals surface area contributed by atoms with Crippen molar-refractivity contribution >= 4 is 75.1 Å². The molecule has 0 radical (unpaired) electrons. The number of nitrogens with zero attached hydrogens (tertiary/aromatic N) is 2. The van der Waals surface area contributed by atoms with Crippen LogP contribution in [0.2, 0.25) is 0 Å². The predicted molar refractivity (Wildman–Crippen MR) is 321 cm³/mol. The van der Waals surface area contributed by atoms with Gasteiger partial charge in [0.15, 0.2) is 0 Å². The van der Waals surface area contributed by atoms with Gasteiger partial charge in [0.25, 0.3) is 0 Å². The first-order valence-electron chi connectivity index (χ1n) is 25.7. The lowest BCUT2D eigenvalue weighted by Crippen LogP contribution is -1.94. The lowest BCUT2D eigenvalue weighted by atomic mass is 9.96. The Balaban J connectivity index is 0.855. The van der Waals surface area contributed by atoms with E-state index >= 15 is 0 Å². The van der Waals surface area contributed by atoms with Gasteiger partial charge in [-0.05, 0) is 140 Å². The highest BCUT2D eigenvalue weighted by atomic mass is 32.1. The van der Waals surface area contributed by atoms with E-state index in [-0.39, 0.29) is 0 Å². The lowest BCUT2D eigenvalue weighted by molar-refractivity contribution is 1.18. The molecule has 0 fully saturated rings. The number of hydrogen-bond donors (Lipinski definition) is 0. The number of hydrogen-bond acceptors (Lipinski definition) is 1. The standard InChI is InChI=1S/C72H46N2S/c1-4-15-47(16-5-1)52-19-12-20-53(43-52)48-29-31-49(32-30-48)54-35-40-69-65(44-54)66-46-56(55-36-41-68-64(45-55)61-23-10-11-28-67(61)73(68)57-21-8-3-9-22-57)37-42-70(66)74(69)58-38-33-51(34-39-58)60-25-14-27-63-62-26-13-24-59(71(62)75-72(60)63)50-17-6-2-7-18-50/h1-46H. The van der Waals surface area contributed by atoms with E-state index in [4.69, 9.17) is 0 Å². The molecule has 0 saturated carbocycles. The highest BCUT2D eigenvalue weighted by Crippen LogP contribution is 2.45. The Kier molecular flexibility index (Phi) is 10.1. The van der Waals surface area contributed by atoms with Crippen molar-refractivity contribution < 1.29 is 0 Å². The van der Waals surface area contributed by atoms with E-state index in [1.807, 2.05) is 11.3 Å². The summed E-state index contributed by atoms with van der Waals surface area (Å²) in [5.74, 6) is 0. The van der Waals surface area contributed by atoms with Gasteiger partial charge in [-0.2, -0.15) is 0 Å². The topological polar surface area (TPSA) is 9.86 Å². The van der Waals surface area contributed by atoms with Crippen LogP contribution in [-0.4, -0.2) is 9.13 Å². The first kappa shape index (κ1) is 43.1. The van der Waals surface area contributed by atoms with Crippen LogP contribution in [0.25, 0.3) is 142 Å². The summed E-state index contributed by atoms with van der Waals surface area (Å²) in [5.41, 5.74) is 21.7. The van der Waals surface area contributed by atoms with Crippen molar-refractivity contribution in [2.75, 3.05) is 0 Å². The van der Waals surface area contributed by atoms with E-state index in [1.165, 1.54) is 131 Å². The summed E-state index contributed by atoms with van der Waals surface area (Å²) >= 11 is 1.90. The molecule has 3 heterocycles. The van der Waals surface area contributed by atoms with Crippen LogP contribution in [0.1, 0.15) is 0 Å². The minimum atomic E-state index is 1.13. The minimum absolute atomic E-state index is 1.13. The highest BCUT2D eigenvalue weighted by molar-refractivity contribution is 7.26. The zero-order valence-corrected chi connectivity index (χ0v) is 41.7. The Morgan fingerprint density at radius 1 is 0.200 bits per heavy atom. The molecule has 0 aliphatic carbocycles. The molecule has 0 aliphatic heterocycles. The van der Waals surface area contributed by atoms with Gasteiger partial charge in [0.1, 0.15) is 0 Å². The summed E-state index contributed by atoms with van der Waals surface area (Å²) in [6.45, 7) is 0. The van der Waals surface area contributed by atoms with Gasteiger partial charge in [0.05, 0.1) is 22.1 Å². The highest BCUT2D eigenvalue weighted by Gasteiger charge is 2.19. The van der Waals surface area contributed by atoms with Gasteiger partial charge in [-0.1, -0.05) is 206 Å². The van der Waals surface area contributed by atoms with Crippen LogP contribution in [0.4, 0.5) is 0 Å². The first-order chi connectivity index (χ1) is 37.2. The maximum absolute atomic E-state index is 2.45. The molecule has 15 aromatic rings. The smallest absolute Gasteiger partial charge is 0.0541 e.